The lowest BCUT2D eigenvalue weighted by Crippen LogP contribution is -2.51. The number of carbonyl (C=O) groups excluding carboxylic acids is 2. The van der Waals surface area contributed by atoms with Crippen LogP contribution in [0.3, 0.4) is 0 Å². The normalized spacial score (nSPS) is 13.7. The minimum Gasteiger partial charge on any atom is -0.444 e. The highest BCUT2D eigenvalue weighted by Crippen LogP contribution is 2.29. The fourth-order valence-corrected chi connectivity index (χ4v) is 4.49. The first kappa shape index (κ1) is 27.9. The van der Waals surface area contributed by atoms with Crippen molar-refractivity contribution in [2.24, 2.45) is 0 Å². The Morgan fingerprint density at radius 2 is 1.31 bits per heavy atom. The molecule has 39 heavy (non-hydrogen) atoms. The molecule has 3 aromatic rings. The van der Waals surface area contributed by atoms with Crippen molar-refractivity contribution >= 4 is 23.5 Å². The molecule has 1 saturated heterocycles. The van der Waals surface area contributed by atoms with E-state index < -0.39 is 5.60 Å². The highest BCUT2D eigenvalue weighted by Gasteiger charge is 2.29. The summed E-state index contributed by atoms with van der Waals surface area (Å²) in [6.07, 6.45) is -0.356. The second-order valence-electron chi connectivity index (χ2n) is 10.9. The van der Waals surface area contributed by atoms with Crippen molar-refractivity contribution in [3.05, 3.63) is 83.6 Å². The summed E-state index contributed by atoms with van der Waals surface area (Å²) in [4.78, 5) is 33.4. The number of carbonyl (C=O) groups is 2. The van der Waals surface area contributed by atoms with Crippen LogP contribution >= 0.6 is 0 Å². The summed E-state index contributed by atoms with van der Waals surface area (Å²) < 4.78 is 5.48. The van der Waals surface area contributed by atoms with E-state index in [1.807, 2.05) is 82.2 Å². The maximum absolute atomic E-state index is 13.5. The molecule has 0 atom stereocenters. The summed E-state index contributed by atoms with van der Waals surface area (Å²) in [5, 5.41) is 8.89. The first-order valence-electron chi connectivity index (χ1n) is 13.3. The number of rotatable bonds is 7. The zero-order valence-corrected chi connectivity index (χ0v) is 23.5. The van der Waals surface area contributed by atoms with E-state index in [0.717, 1.165) is 16.8 Å². The Morgan fingerprint density at radius 1 is 0.795 bits per heavy atom. The smallest absolute Gasteiger partial charge is 0.410 e. The number of anilines is 2. The lowest BCUT2D eigenvalue weighted by atomic mass is 10.2. The van der Waals surface area contributed by atoms with Gasteiger partial charge in [0, 0.05) is 53.4 Å². The van der Waals surface area contributed by atoms with Gasteiger partial charge < -0.3 is 24.3 Å². The Balaban J connectivity index is 1.53. The summed E-state index contributed by atoms with van der Waals surface area (Å²) in [5.74, 6) is 0.501. The molecule has 0 unspecified atom stereocenters. The van der Waals surface area contributed by atoms with Crippen LogP contribution in [0.15, 0.2) is 66.7 Å². The van der Waals surface area contributed by atoms with Gasteiger partial charge in [-0.1, -0.05) is 60.7 Å². The first-order chi connectivity index (χ1) is 18.6. The van der Waals surface area contributed by atoms with Gasteiger partial charge in [-0.2, -0.15) is 0 Å². The zero-order valence-electron chi connectivity index (χ0n) is 23.5. The molecule has 0 spiro atoms. The van der Waals surface area contributed by atoms with Crippen LogP contribution in [0.1, 0.15) is 42.4 Å². The van der Waals surface area contributed by atoms with Crippen LogP contribution in [0.4, 0.5) is 16.3 Å². The fourth-order valence-electron chi connectivity index (χ4n) is 4.49. The molecule has 0 aliphatic carbocycles. The van der Waals surface area contributed by atoms with Crippen LogP contribution in [0.2, 0.25) is 0 Å². The number of piperazine rings is 1. The number of benzene rings is 2. The number of ether oxygens (including phenoxy) is 1. The Hall–Kier alpha value is -4.14. The fraction of sp³-hybridized carbons (Fsp3) is 0.400. The van der Waals surface area contributed by atoms with Crippen LogP contribution in [-0.4, -0.2) is 77.9 Å². The third-order valence-corrected chi connectivity index (χ3v) is 6.49. The Kier molecular flexibility index (Phi) is 8.69. The lowest BCUT2D eigenvalue weighted by Gasteiger charge is -2.35. The van der Waals surface area contributed by atoms with E-state index in [1.54, 1.807) is 9.80 Å². The molecule has 9 heteroatoms. The van der Waals surface area contributed by atoms with Crippen LogP contribution in [-0.2, 0) is 17.8 Å². The van der Waals surface area contributed by atoms with Gasteiger partial charge in [0.25, 0.3) is 5.91 Å². The van der Waals surface area contributed by atoms with E-state index in [0.29, 0.717) is 45.1 Å². The number of hydrogen-bond donors (Lipinski definition) is 0. The highest BCUT2D eigenvalue weighted by atomic mass is 16.6. The van der Waals surface area contributed by atoms with Crippen LogP contribution in [0.5, 0.6) is 0 Å². The molecule has 1 fully saturated rings. The van der Waals surface area contributed by atoms with Gasteiger partial charge in [-0.25, -0.2) is 4.79 Å². The third-order valence-electron chi connectivity index (χ3n) is 6.49. The van der Waals surface area contributed by atoms with Crippen molar-refractivity contribution < 1.29 is 14.3 Å². The quantitative estimate of drug-likeness (QED) is 0.447. The van der Waals surface area contributed by atoms with E-state index in [1.165, 1.54) is 0 Å². The van der Waals surface area contributed by atoms with Crippen molar-refractivity contribution in [2.75, 3.05) is 50.1 Å². The van der Waals surface area contributed by atoms with Gasteiger partial charge in [0.05, 0.1) is 5.69 Å². The van der Waals surface area contributed by atoms with E-state index in [-0.39, 0.29) is 17.7 Å². The molecule has 2 aromatic carbocycles. The van der Waals surface area contributed by atoms with E-state index in [4.69, 9.17) is 4.74 Å². The van der Waals surface area contributed by atoms with E-state index in [2.05, 4.69) is 39.4 Å². The average Bonchev–Trinajstić information content (AvgIpc) is 2.92. The van der Waals surface area contributed by atoms with Gasteiger partial charge in [0.15, 0.2) is 11.5 Å². The summed E-state index contributed by atoms with van der Waals surface area (Å²) in [6, 6.07) is 22.2. The Labute approximate surface area is 231 Å². The highest BCUT2D eigenvalue weighted by molar-refractivity contribution is 5.94. The van der Waals surface area contributed by atoms with E-state index >= 15 is 0 Å². The van der Waals surface area contributed by atoms with Crippen molar-refractivity contribution in [3.63, 3.8) is 0 Å². The van der Waals surface area contributed by atoms with Crippen LogP contribution in [0, 0.1) is 0 Å². The minimum atomic E-state index is -0.558. The standard InChI is InChI=1S/C30H38N6O3/c1-30(2,3)39-29(38)36-18-16-35(17-19-36)28(37)25-20-26(33(4)21-23-12-8-6-9-13-23)27(32-31-25)34(5)22-24-14-10-7-11-15-24/h6-15,20H,16-19,21-22H2,1-5H3. The molecule has 0 bridgehead atoms. The number of hydrogen-bond acceptors (Lipinski definition) is 7. The minimum absolute atomic E-state index is 0.196. The maximum atomic E-state index is 13.5. The summed E-state index contributed by atoms with van der Waals surface area (Å²) in [5.41, 5.74) is 2.86. The molecule has 4 rings (SSSR count). The Morgan fingerprint density at radius 3 is 1.85 bits per heavy atom. The number of nitrogens with zero attached hydrogens (tertiary/aromatic N) is 6. The average molecular weight is 531 g/mol. The molecular formula is C30H38N6O3. The van der Waals surface area contributed by atoms with Gasteiger partial charge in [-0.15, -0.1) is 10.2 Å². The SMILES string of the molecule is CN(Cc1ccccc1)c1cc(C(=O)N2CCN(C(=O)OC(C)(C)C)CC2)nnc1N(C)Cc1ccccc1. The molecule has 9 nitrogen and oxygen atoms in total. The number of amides is 2. The van der Waals surface area contributed by atoms with Crippen molar-refractivity contribution in [1.82, 2.24) is 20.0 Å². The zero-order chi connectivity index (χ0) is 28.0. The van der Waals surface area contributed by atoms with Gasteiger partial charge in [0.2, 0.25) is 0 Å². The second-order valence-corrected chi connectivity index (χ2v) is 10.9. The Bertz CT molecular complexity index is 1250. The van der Waals surface area contributed by atoms with Gasteiger partial charge in [-0.3, -0.25) is 4.79 Å². The first-order valence-corrected chi connectivity index (χ1v) is 13.3. The monoisotopic (exact) mass is 530 g/mol. The predicted molar refractivity (Wildman–Crippen MR) is 153 cm³/mol. The van der Waals surface area contributed by atoms with E-state index in [9.17, 15) is 9.59 Å². The molecule has 206 valence electrons. The third kappa shape index (κ3) is 7.46. The predicted octanol–water partition coefficient (Wildman–Crippen LogP) is 4.44. The molecule has 0 N–H and O–H groups in total. The maximum Gasteiger partial charge on any atom is 0.410 e. The molecule has 0 radical (unpaired) electrons. The molecule has 1 aliphatic rings. The van der Waals surface area contributed by atoms with Gasteiger partial charge >= 0.3 is 6.09 Å². The second kappa shape index (κ2) is 12.1. The summed E-state index contributed by atoms with van der Waals surface area (Å²) >= 11 is 0. The molecular weight excluding hydrogens is 492 g/mol. The molecule has 2 amide bonds. The largest absolute Gasteiger partial charge is 0.444 e. The summed E-state index contributed by atoms with van der Waals surface area (Å²) in [6.45, 7) is 8.47. The van der Waals surface area contributed by atoms with Crippen LogP contribution < -0.4 is 9.80 Å². The van der Waals surface area contributed by atoms with Crippen molar-refractivity contribution in [2.45, 2.75) is 39.5 Å². The number of aromatic nitrogens is 2. The molecule has 0 saturated carbocycles. The molecule has 1 aliphatic heterocycles. The van der Waals surface area contributed by atoms with Crippen LogP contribution in [0.25, 0.3) is 0 Å². The molecule has 1 aromatic heterocycles. The van der Waals surface area contributed by atoms with Gasteiger partial charge in [0.1, 0.15) is 5.60 Å². The topological polar surface area (TPSA) is 82.1 Å². The van der Waals surface area contributed by atoms with Gasteiger partial charge in [-0.05, 0) is 38.0 Å². The summed E-state index contributed by atoms with van der Waals surface area (Å²) in [7, 11) is 3.98. The lowest BCUT2D eigenvalue weighted by molar-refractivity contribution is 0.0140. The molecule has 2 heterocycles. The van der Waals surface area contributed by atoms with Crippen molar-refractivity contribution in [1.29, 1.82) is 0 Å². The van der Waals surface area contributed by atoms with Crippen molar-refractivity contribution in [3.8, 4) is 0 Å².